The molecule has 0 atom stereocenters. The Balaban J connectivity index is 2.50. The maximum Gasteiger partial charge on any atom is 0.0660 e. The fourth-order valence-electron chi connectivity index (χ4n) is 2.29. The Morgan fingerprint density at radius 1 is 1.21 bits per heavy atom. The highest BCUT2D eigenvalue weighted by molar-refractivity contribution is 5.71. The molecule has 0 aromatic heterocycles. The average molecular weight is 256 g/mol. The summed E-state index contributed by atoms with van der Waals surface area (Å²) < 4.78 is 0. The van der Waals surface area contributed by atoms with Crippen LogP contribution in [-0.2, 0) is 4.84 Å². The average Bonchev–Trinajstić information content (AvgIpc) is 2.42. The van der Waals surface area contributed by atoms with E-state index in [2.05, 4.69) is 54.8 Å². The number of allylic oxidation sites excluding steroid dienone is 4. The van der Waals surface area contributed by atoms with Crippen LogP contribution < -0.4 is 5.48 Å². The number of hydrogen-bond acceptors (Lipinski definition) is 3. The summed E-state index contributed by atoms with van der Waals surface area (Å²) in [6.07, 6.45) is 7.13. The van der Waals surface area contributed by atoms with Crippen LogP contribution in [0.1, 0.15) is 12.0 Å². The minimum absolute atomic E-state index is 0.893. The van der Waals surface area contributed by atoms with Crippen molar-refractivity contribution in [2.45, 2.75) is 6.42 Å². The Hall–Kier alpha value is -2.00. The number of rotatable bonds is 4. The molecular weight excluding hydrogens is 236 g/mol. The topological polar surface area (TPSA) is 24.5 Å². The highest BCUT2D eigenvalue weighted by Crippen LogP contribution is 2.29. The van der Waals surface area contributed by atoms with Crippen LogP contribution in [0.2, 0.25) is 0 Å². The quantitative estimate of drug-likeness (QED) is 0.838. The van der Waals surface area contributed by atoms with Gasteiger partial charge in [-0.15, -0.1) is 0 Å². The van der Waals surface area contributed by atoms with E-state index in [4.69, 9.17) is 4.84 Å². The van der Waals surface area contributed by atoms with Crippen LogP contribution in [0.3, 0.4) is 0 Å². The summed E-state index contributed by atoms with van der Waals surface area (Å²) in [4.78, 5) is 7.22. The summed E-state index contributed by atoms with van der Waals surface area (Å²) in [6.45, 7) is 0. The van der Waals surface area contributed by atoms with Crippen molar-refractivity contribution < 1.29 is 4.84 Å². The lowest BCUT2D eigenvalue weighted by molar-refractivity contribution is 0.119. The first-order valence-electron chi connectivity index (χ1n) is 6.36. The van der Waals surface area contributed by atoms with Crippen molar-refractivity contribution in [3.8, 4) is 0 Å². The van der Waals surface area contributed by atoms with Gasteiger partial charge in [0.1, 0.15) is 0 Å². The molecule has 0 radical (unpaired) electrons. The lowest BCUT2D eigenvalue weighted by atomic mass is 9.97. The second-order valence-electron chi connectivity index (χ2n) is 4.61. The molecule has 1 aliphatic carbocycles. The Morgan fingerprint density at radius 2 is 1.95 bits per heavy atom. The molecule has 2 rings (SSSR count). The molecule has 100 valence electrons. The van der Waals surface area contributed by atoms with Crippen molar-refractivity contribution in [1.29, 1.82) is 0 Å². The molecule has 0 aliphatic heterocycles. The van der Waals surface area contributed by atoms with Gasteiger partial charge >= 0.3 is 0 Å². The molecule has 19 heavy (non-hydrogen) atoms. The summed E-state index contributed by atoms with van der Waals surface area (Å²) in [5.74, 6) is 0. The summed E-state index contributed by atoms with van der Waals surface area (Å²) in [7, 11) is 5.77. The molecule has 3 nitrogen and oxygen atoms in total. The molecule has 1 aliphatic rings. The van der Waals surface area contributed by atoms with Gasteiger partial charge in [0, 0.05) is 25.4 Å². The third kappa shape index (κ3) is 3.06. The zero-order chi connectivity index (χ0) is 13.7. The largest absolute Gasteiger partial charge is 0.377 e. The second-order valence-corrected chi connectivity index (χ2v) is 4.61. The molecule has 0 unspecified atom stereocenters. The van der Waals surface area contributed by atoms with E-state index < -0.39 is 0 Å². The fourth-order valence-corrected chi connectivity index (χ4v) is 2.29. The van der Waals surface area contributed by atoms with Crippen molar-refractivity contribution in [3.63, 3.8) is 0 Å². The molecule has 0 saturated carbocycles. The highest BCUT2D eigenvalue weighted by atomic mass is 16.6. The van der Waals surface area contributed by atoms with E-state index >= 15 is 0 Å². The monoisotopic (exact) mass is 256 g/mol. The molecule has 0 saturated heterocycles. The fraction of sp³-hybridized carbons (Fsp3) is 0.250. The van der Waals surface area contributed by atoms with E-state index in [0.717, 1.165) is 12.1 Å². The van der Waals surface area contributed by atoms with Gasteiger partial charge in [-0.25, -0.2) is 0 Å². The van der Waals surface area contributed by atoms with Crippen LogP contribution in [0.5, 0.6) is 0 Å². The first kappa shape index (κ1) is 13.4. The molecular formula is C16H20N2O. The Bertz CT molecular complexity index is 513. The van der Waals surface area contributed by atoms with E-state index in [1.165, 1.54) is 16.8 Å². The van der Waals surface area contributed by atoms with Crippen LogP contribution >= 0.6 is 0 Å². The van der Waals surface area contributed by atoms with Crippen LogP contribution in [0, 0.1) is 0 Å². The van der Waals surface area contributed by atoms with Gasteiger partial charge in [-0.05, 0) is 18.1 Å². The predicted molar refractivity (Wildman–Crippen MR) is 79.0 cm³/mol. The third-order valence-electron chi connectivity index (χ3n) is 3.04. The van der Waals surface area contributed by atoms with Crippen molar-refractivity contribution in [1.82, 2.24) is 10.4 Å². The number of nitrogens with one attached hydrogen (secondary N) is 1. The van der Waals surface area contributed by atoms with E-state index in [1.54, 1.807) is 7.11 Å². The van der Waals surface area contributed by atoms with Gasteiger partial charge in [-0.3, -0.25) is 10.3 Å². The van der Waals surface area contributed by atoms with Gasteiger partial charge in [-0.2, -0.15) is 0 Å². The predicted octanol–water partition coefficient (Wildman–Crippen LogP) is 2.95. The number of hydroxylamine groups is 1. The molecule has 0 fully saturated rings. The zero-order valence-corrected chi connectivity index (χ0v) is 11.7. The van der Waals surface area contributed by atoms with Crippen LogP contribution in [0.25, 0.3) is 5.70 Å². The van der Waals surface area contributed by atoms with Gasteiger partial charge in [-0.1, -0.05) is 42.5 Å². The molecule has 0 heterocycles. The van der Waals surface area contributed by atoms with Crippen molar-refractivity contribution in [3.05, 3.63) is 65.4 Å². The van der Waals surface area contributed by atoms with E-state index in [0.29, 0.717) is 0 Å². The second kappa shape index (κ2) is 6.25. The lowest BCUT2D eigenvalue weighted by Gasteiger charge is -2.25. The Labute approximate surface area is 114 Å². The minimum atomic E-state index is 0.893. The third-order valence-corrected chi connectivity index (χ3v) is 3.04. The summed E-state index contributed by atoms with van der Waals surface area (Å²) >= 11 is 0. The number of benzene rings is 1. The van der Waals surface area contributed by atoms with Gasteiger partial charge in [0.15, 0.2) is 0 Å². The van der Waals surface area contributed by atoms with Gasteiger partial charge in [0.05, 0.1) is 12.8 Å². The Morgan fingerprint density at radius 3 is 2.58 bits per heavy atom. The summed E-state index contributed by atoms with van der Waals surface area (Å²) in [5, 5.41) is 0. The van der Waals surface area contributed by atoms with Crippen LogP contribution in [-0.4, -0.2) is 26.1 Å². The molecule has 0 bridgehead atoms. The van der Waals surface area contributed by atoms with E-state index in [9.17, 15) is 0 Å². The van der Waals surface area contributed by atoms with Crippen molar-refractivity contribution in [2.24, 2.45) is 0 Å². The summed E-state index contributed by atoms with van der Waals surface area (Å²) in [6, 6.07) is 10.4. The maximum absolute atomic E-state index is 5.07. The van der Waals surface area contributed by atoms with E-state index in [1.807, 2.05) is 18.2 Å². The van der Waals surface area contributed by atoms with Gasteiger partial charge in [0.25, 0.3) is 0 Å². The molecule has 3 heteroatoms. The first-order valence-corrected chi connectivity index (χ1v) is 6.36. The SMILES string of the molecule is CONC1=CC=CCC1=C(c1ccccc1)N(C)C. The maximum atomic E-state index is 5.07. The molecule has 1 aromatic carbocycles. The van der Waals surface area contributed by atoms with Crippen molar-refractivity contribution in [2.75, 3.05) is 21.2 Å². The molecule has 1 aromatic rings. The van der Waals surface area contributed by atoms with Crippen molar-refractivity contribution >= 4 is 5.70 Å². The minimum Gasteiger partial charge on any atom is -0.377 e. The lowest BCUT2D eigenvalue weighted by Crippen LogP contribution is -2.20. The zero-order valence-electron chi connectivity index (χ0n) is 11.7. The summed E-state index contributed by atoms with van der Waals surface area (Å²) in [5.41, 5.74) is 7.63. The molecule has 0 spiro atoms. The number of hydrogen-bond donors (Lipinski definition) is 1. The normalized spacial score (nSPS) is 16.9. The highest BCUT2D eigenvalue weighted by Gasteiger charge is 2.16. The Kier molecular flexibility index (Phi) is 4.42. The molecule has 1 N–H and O–H groups in total. The molecule has 0 amide bonds. The van der Waals surface area contributed by atoms with Gasteiger partial charge in [0.2, 0.25) is 0 Å². The van der Waals surface area contributed by atoms with Gasteiger partial charge < -0.3 is 4.90 Å². The standard InChI is InChI=1S/C16H20N2O/c1-18(2)16(13-9-5-4-6-10-13)14-11-7-8-12-15(14)17-19-3/h4-10,12,17H,11H2,1-3H3. The smallest absolute Gasteiger partial charge is 0.0660 e. The van der Waals surface area contributed by atoms with E-state index in [-0.39, 0.29) is 0 Å². The van der Waals surface area contributed by atoms with Crippen LogP contribution in [0.4, 0.5) is 0 Å². The first-order chi connectivity index (χ1) is 9.24. The number of nitrogens with zero attached hydrogens (tertiary/aromatic N) is 1. The van der Waals surface area contributed by atoms with Crippen LogP contribution in [0.15, 0.2) is 59.8 Å².